The van der Waals surface area contributed by atoms with Gasteiger partial charge in [-0.3, -0.25) is 4.55 Å². The van der Waals surface area contributed by atoms with Crippen molar-refractivity contribution in [3.63, 3.8) is 0 Å². The van der Waals surface area contributed by atoms with Crippen molar-refractivity contribution in [2.24, 2.45) is 0 Å². The second kappa shape index (κ2) is 4.26. The summed E-state index contributed by atoms with van der Waals surface area (Å²) in [7, 11) is -7.08. The lowest BCUT2D eigenvalue weighted by atomic mass is 10.1. The first kappa shape index (κ1) is 12.5. The van der Waals surface area contributed by atoms with Crippen molar-refractivity contribution in [1.82, 2.24) is 0 Å². The normalized spacial score (nSPS) is 15.8. The van der Waals surface area contributed by atoms with Gasteiger partial charge in [-0.2, -0.15) is 0 Å². The number of rotatable bonds is 2. The van der Waals surface area contributed by atoms with Crippen molar-refractivity contribution in [2.45, 2.75) is 5.25 Å². The average Bonchev–Trinajstić information content (AvgIpc) is 2.73. The summed E-state index contributed by atoms with van der Waals surface area (Å²) in [5, 5.41) is -1.06. The highest BCUT2D eigenvalue weighted by Gasteiger charge is 2.40. The predicted octanol–water partition coefficient (Wildman–Crippen LogP) is 2.31. The summed E-state index contributed by atoms with van der Waals surface area (Å²) in [6.07, 6.45) is 0. The van der Waals surface area contributed by atoms with E-state index in [1.807, 2.05) is 24.3 Å². The van der Waals surface area contributed by atoms with Crippen LogP contribution in [0.4, 0.5) is 0 Å². The van der Waals surface area contributed by atoms with Gasteiger partial charge >= 0.3 is 0 Å². The molecule has 0 bridgehead atoms. The van der Waals surface area contributed by atoms with Crippen LogP contribution >= 0.6 is 0 Å². The van der Waals surface area contributed by atoms with Crippen LogP contribution in [0.2, 0.25) is 0 Å². The molecule has 0 fully saturated rings. The van der Waals surface area contributed by atoms with E-state index in [2.05, 4.69) is 0 Å². The first-order valence-electron chi connectivity index (χ1n) is 5.57. The van der Waals surface area contributed by atoms with Crippen molar-refractivity contribution in [2.75, 3.05) is 0 Å². The summed E-state index contributed by atoms with van der Waals surface area (Å²) in [6, 6.07) is 14.1. The molecule has 4 nitrogen and oxygen atoms in total. The number of fused-ring (bicyclic) bond motifs is 3. The average molecular weight is 294 g/mol. The summed E-state index contributed by atoms with van der Waals surface area (Å²) >= 11 is 0. The lowest BCUT2D eigenvalue weighted by Gasteiger charge is -2.11. The molecule has 0 saturated carbocycles. The van der Waals surface area contributed by atoms with Crippen LogP contribution < -0.4 is 0 Å². The molecule has 1 unspecified atom stereocenters. The first-order chi connectivity index (χ1) is 9.03. The van der Waals surface area contributed by atoms with Gasteiger partial charge in [-0.1, -0.05) is 48.5 Å². The highest BCUT2D eigenvalue weighted by Crippen LogP contribution is 2.47. The van der Waals surface area contributed by atoms with E-state index in [9.17, 15) is 12.6 Å². The molecular formula is C13H10O4S2. The number of hydrogen-bond acceptors (Lipinski definition) is 3. The van der Waals surface area contributed by atoms with Gasteiger partial charge in [-0.25, -0.2) is 12.6 Å². The van der Waals surface area contributed by atoms with Crippen LogP contribution in [0.25, 0.3) is 11.1 Å². The third-order valence-electron chi connectivity index (χ3n) is 3.26. The van der Waals surface area contributed by atoms with Crippen molar-refractivity contribution >= 4 is 19.0 Å². The van der Waals surface area contributed by atoms with Gasteiger partial charge in [0.1, 0.15) is 5.25 Å². The maximum absolute atomic E-state index is 12.1. The zero-order valence-electron chi connectivity index (χ0n) is 9.68. The standard InChI is InChI=1S/C13H10O4S2/c14-18(15)19(16,17)13-11-7-3-1-5-9(11)10-6-2-4-8-12(10)13/h1-8,13H,(H,14,15). The zero-order chi connectivity index (χ0) is 13.6. The minimum atomic E-state index is -4.18. The topological polar surface area (TPSA) is 71.4 Å². The quantitative estimate of drug-likeness (QED) is 0.681. The molecule has 98 valence electrons. The van der Waals surface area contributed by atoms with E-state index in [0.717, 1.165) is 11.1 Å². The molecule has 0 spiro atoms. The van der Waals surface area contributed by atoms with E-state index in [4.69, 9.17) is 4.55 Å². The summed E-state index contributed by atoms with van der Waals surface area (Å²) in [6.45, 7) is 0. The molecule has 1 aliphatic carbocycles. The lowest BCUT2D eigenvalue weighted by molar-refractivity contribution is 0.560. The fourth-order valence-electron chi connectivity index (χ4n) is 2.50. The maximum atomic E-state index is 12.1. The molecule has 1 N–H and O–H groups in total. The highest BCUT2D eigenvalue weighted by molar-refractivity contribution is 8.62. The van der Waals surface area contributed by atoms with Gasteiger partial charge in [0.2, 0.25) is 0 Å². The zero-order valence-corrected chi connectivity index (χ0v) is 11.3. The monoisotopic (exact) mass is 294 g/mol. The number of hydrogen-bond donors (Lipinski definition) is 1. The molecule has 0 aliphatic heterocycles. The van der Waals surface area contributed by atoms with Crippen molar-refractivity contribution in [3.05, 3.63) is 59.7 Å². The molecular weight excluding hydrogens is 284 g/mol. The van der Waals surface area contributed by atoms with Gasteiger partial charge in [0.15, 0.2) is 0 Å². The molecule has 1 atom stereocenters. The second-order valence-electron chi connectivity index (χ2n) is 4.26. The van der Waals surface area contributed by atoms with Gasteiger partial charge < -0.3 is 0 Å². The minimum absolute atomic E-state index is 0.561. The molecule has 2 aromatic rings. The fourth-order valence-corrected chi connectivity index (χ4v) is 4.82. The van der Waals surface area contributed by atoms with Gasteiger partial charge in [-0.05, 0) is 22.3 Å². The van der Waals surface area contributed by atoms with E-state index in [-0.39, 0.29) is 0 Å². The van der Waals surface area contributed by atoms with Crippen LogP contribution in [0.3, 0.4) is 0 Å². The predicted molar refractivity (Wildman–Crippen MR) is 73.4 cm³/mol. The Kier molecular flexibility index (Phi) is 2.81. The molecule has 19 heavy (non-hydrogen) atoms. The molecule has 0 amide bonds. The second-order valence-corrected chi connectivity index (χ2v) is 8.40. The van der Waals surface area contributed by atoms with Crippen LogP contribution in [0, 0.1) is 0 Å². The Morgan fingerprint density at radius 3 is 1.74 bits per heavy atom. The smallest absolute Gasteiger partial charge is 0.275 e. The largest absolute Gasteiger partial charge is 0.294 e. The maximum Gasteiger partial charge on any atom is 0.275 e. The van der Waals surface area contributed by atoms with Crippen molar-refractivity contribution in [1.29, 1.82) is 0 Å². The van der Waals surface area contributed by atoms with Crippen LogP contribution in [0.5, 0.6) is 0 Å². The van der Waals surface area contributed by atoms with Crippen LogP contribution in [0.1, 0.15) is 16.4 Å². The van der Waals surface area contributed by atoms with Crippen LogP contribution in [-0.2, 0) is 19.0 Å². The van der Waals surface area contributed by atoms with Gasteiger partial charge in [0.25, 0.3) is 19.0 Å². The Morgan fingerprint density at radius 1 is 0.895 bits per heavy atom. The lowest BCUT2D eigenvalue weighted by Crippen LogP contribution is -2.16. The Labute approximate surface area is 112 Å². The molecule has 6 heteroatoms. The Morgan fingerprint density at radius 2 is 1.32 bits per heavy atom. The third kappa shape index (κ3) is 1.75. The SMILES string of the molecule is O=S(O)S(=O)(=O)C1c2ccccc2-c2ccccc21. The molecule has 0 aromatic heterocycles. The summed E-state index contributed by atoms with van der Waals surface area (Å²) in [4.78, 5) is 0. The Balaban J connectivity index is 2.36. The Bertz CT molecular complexity index is 735. The highest BCUT2D eigenvalue weighted by atomic mass is 33.2. The van der Waals surface area contributed by atoms with E-state index in [1.165, 1.54) is 0 Å². The first-order valence-corrected chi connectivity index (χ1v) is 8.74. The molecule has 0 heterocycles. The molecule has 3 rings (SSSR count). The third-order valence-corrected chi connectivity index (χ3v) is 6.52. The van der Waals surface area contributed by atoms with Crippen molar-refractivity contribution < 1.29 is 17.2 Å². The summed E-state index contributed by atoms with van der Waals surface area (Å²) in [5.74, 6) is 0. The van der Waals surface area contributed by atoms with Gasteiger partial charge in [0.05, 0.1) is 0 Å². The molecule has 1 aliphatic rings. The molecule has 0 saturated heterocycles. The van der Waals surface area contributed by atoms with E-state index < -0.39 is 24.2 Å². The van der Waals surface area contributed by atoms with Crippen LogP contribution in [-0.4, -0.2) is 17.2 Å². The Hall–Kier alpha value is -1.50. The van der Waals surface area contributed by atoms with Crippen LogP contribution in [0.15, 0.2) is 48.5 Å². The van der Waals surface area contributed by atoms with Gasteiger partial charge in [0, 0.05) is 0 Å². The minimum Gasteiger partial charge on any atom is -0.294 e. The van der Waals surface area contributed by atoms with E-state index >= 15 is 0 Å². The van der Waals surface area contributed by atoms with Gasteiger partial charge in [-0.15, -0.1) is 0 Å². The summed E-state index contributed by atoms with van der Waals surface area (Å²) in [5.41, 5.74) is 2.73. The van der Waals surface area contributed by atoms with E-state index in [1.54, 1.807) is 24.3 Å². The van der Waals surface area contributed by atoms with E-state index in [0.29, 0.717) is 11.1 Å². The van der Waals surface area contributed by atoms with Crippen molar-refractivity contribution in [3.8, 4) is 11.1 Å². The molecule has 2 aromatic carbocycles. The number of benzene rings is 2. The fraction of sp³-hybridized carbons (Fsp3) is 0.0769. The summed E-state index contributed by atoms with van der Waals surface area (Å²) < 4.78 is 44.4. The molecule has 0 radical (unpaired) electrons.